The molecule has 3 N–H and O–H groups in total. The maximum atomic E-state index is 13.7. The number of rotatable bonds is 1. The number of aliphatic carboxylic acids is 1. The Labute approximate surface area is 239 Å². The van der Waals surface area contributed by atoms with Crippen LogP contribution in [0, 0.1) is 5.41 Å². The first-order chi connectivity index (χ1) is 19.5. The summed E-state index contributed by atoms with van der Waals surface area (Å²) in [4.78, 5) is 54.7. The van der Waals surface area contributed by atoms with Gasteiger partial charge < -0.3 is 34.9 Å². The minimum absolute atomic E-state index is 0.0657. The number of hydrogen-bond donors (Lipinski definition) is 3. The Kier molecular flexibility index (Phi) is 8.53. The summed E-state index contributed by atoms with van der Waals surface area (Å²) < 4.78 is 17.3. The number of hydrogen-bond acceptors (Lipinski definition) is 8. The molecule has 6 atom stereocenters. The van der Waals surface area contributed by atoms with E-state index in [-0.39, 0.29) is 31.7 Å². The van der Waals surface area contributed by atoms with Gasteiger partial charge in [0.25, 0.3) is 5.91 Å². The summed E-state index contributed by atoms with van der Waals surface area (Å²) in [5.74, 6) is -1.72. The zero-order valence-corrected chi connectivity index (χ0v) is 23.9. The van der Waals surface area contributed by atoms with E-state index in [0.29, 0.717) is 31.6 Å². The minimum atomic E-state index is -1.13. The first kappa shape index (κ1) is 29.3. The monoisotopic (exact) mass is 572 g/mol. The van der Waals surface area contributed by atoms with Crippen LogP contribution in [0.3, 0.4) is 0 Å². The second-order valence-corrected chi connectivity index (χ2v) is 12.3. The molecular weight excluding hydrogens is 532 g/mol. The van der Waals surface area contributed by atoms with Crippen molar-refractivity contribution in [2.45, 2.75) is 96.7 Å². The van der Waals surface area contributed by atoms with Gasteiger partial charge in [-0.2, -0.15) is 0 Å². The van der Waals surface area contributed by atoms with E-state index >= 15 is 0 Å². The third-order valence-electron chi connectivity index (χ3n) is 8.16. The highest BCUT2D eigenvalue weighted by molar-refractivity contribution is 5.96. The van der Waals surface area contributed by atoms with Gasteiger partial charge in [0.05, 0.1) is 12.7 Å². The molecule has 3 amide bonds. The van der Waals surface area contributed by atoms with Crippen molar-refractivity contribution in [3.8, 4) is 0 Å². The molecule has 0 radical (unpaired) electrons. The Morgan fingerprint density at radius 3 is 2.59 bits per heavy atom. The fraction of sp³-hybridized carbons (Fsp3) is 0.655. The molecule has 2 saturated heterocycles. The predicted molar refractivity (Wildman–Crippen MR) is 146 cm³/mol. The normalized spacial score (nSPS) is 31.5. The Morgan fingerprint density at radius 1 is 1.05 bits per heavy atom. The molecule has 1 aromatic carbocycles. The highest BCUT2D eigenvalue weighted by Crippen LogP contribution is 2.38. The topological polar surface area (TPSA) is 150 Å². The number of carboxylic acids is 1. The van der Waals surface area contributed by atoms with E-state index in [1.54, 1.807) is 0 Å². The summed E-state index contributed by atoms with van der Waals surface area (Å²) in [6, 6.07) is 3.67. The number of fused-ring (bicyclic) bond motifs is 5. The van der Waals surface area contributed by atoms with E-state index < -0.39 is 47.9 Å². The third-order valence-corrected chi connectivity index (χ3v) is 8.16. The van der Waals surface area contributed by atoms with Gasteiger partial charge >= 0.3 is 12.1 Å². The number of ether oxygens (including phenoxy) is 3. The van der Waals surface area contributed by atoms with Crippen LogP contribution in [0.5, 0.6) is 0 Å². The van der Waals surface area contributed by atoms with Crippen LogP contribution in [-0.4, -0.2) is 89.2 Å². The molecule has 4 heterocycles. The highest BCUT2D eigenvalue weighted by Gasteiger charge is 2.51. The molecule has 4 unspecified atom stereocenters. The Balaban J connectivity index is 1.33. The SMILES string of the molecule is CC(C)(C)[C@@H]1NC(=O)OCCCCCCNC(=O)c2cccc3c2CN(C3)C2OC2O[C@@H]2CC(C(=O)O)N(C2)C1=O. The quantitative estimate of drug-likeness (QED) is 0.431. The van der Waals surface area contributed by atoms with Gasteiger partial charge in [-0.25, -0.2) is 9.59 Å². The number of amides is 3. The number of nitrogens with zero attached hydrogens (tertiary/aromatic N) is 2. The van der Waals surface area contributed by atoms with Gasteiger partial charge in [-0.15, -0.1) is 0 Å². The van der Waals surface area contributed by atoms with Gasteiger partial charge in [-0.1, -0.05) is 39.3 Å². The van der Waals surface area contributed by atoms with E-state index in [1.165, 1.54) is 4.90 Å². The van der Waals surface area contributed by atoms with E-state index in [0.717, 1.165) is 30.4 Å². The Hall–Kier alpha value is -3.22. The van der Waals surface area contributed by atoms with Crippen LogP contribution >= 0.6 is 0 Å². The molecule has 41 heavy (non-hydrogen) atoms. The maximum Gasteiger partial charge on any atom is 0.407 e. The summed E-state index contributed by atoms with van der Waals surface area (Å²) in [6.07, 6.45) is 1.08. The van der Waals surface area contributed by atoms with Crippen LogP contribution in [-0.2, 0) is 36.9 Å². The van der Waals surface area contributed by atoms with Crippen molar-refractivity contribution in [1.82, 2.24) is 20.4 Å². The van der Waals surface area contributed by atoms with Crippen LogP contribution in [0.1, 0.15) is 74.4 Å². The lowest BCUT2D eigenvalue weighted by Gasteiger charge is -2.34. The molecule has 2 fully saturated rings. The van der Waals surface area contributed by atoms with Crippen molar-refractivity contribution in [1.29, 1.82) is 0 Å². The fourth-order valence-corrected chi connectivity index (χ4v) is 5.87. The van der Waals surface area contributed by atoms with Crippen LogP contribution < -0.4 is 10.6 Å². The average molecular weight is 573 g/mol. The van der Waals surface area contributed by atoms with Crippen LogP contribution in [0.25, 0.3) is 0 Å². The molecule has 0 aromatic heterocycles. The van der Waals surface area contributed by atoms with Crippen molar-refractivity contribution in [3.05, 3.63) is 34.9 Å². The number of carbonyl (C=O) groups is 4. The van der Waals surface area contributed by atoms with E-state index in [9.17, 15) is 24.3 Å². The molecule has 0 spiro atoms. The number of nitrogens with one attached hydrogen (secondary N) is 2. The largest absolute Gasteiger partial charge is 0.480 e. The number of benzene rings is 1. The van der Waals surface area contributed by atoms with Gasteiger partial charge in [0.1, 0.15) is 12.1 Å². The third kappa shape index (κ3) is 6.65. The van der Waals surface area contributed by atoms with Crippen molar-refractivity contribution in [2.75, 3.05) is 19.7 Å². The van der Waals surface area contributed by atoms with Crippen LogP contribution in [0.15, 0.2) is 18.2 Å². The van der Waals surface area contributed by atoms with Gasteiger partial charge in [0, 0.05) is 38.2 Å². The van der Waals surface area contributed by atoms with Gasteiger partial charge in [-0.05, 0) is 41.9 Å². The zero-order chi connectivity index (χ0) is 29.3. The van der Waals surface area contributed by atoms with Crippen molar-refractivity contribution < 1.29 is 38.5 Å². The average Bonchev–Trinajstić information content (AvgIpc) is 3.32. The summed E-state index contributed by atoms with van der Waals surface area (Å²) in [7, 11) is 0. The molecule has 12 nitrogen and oxygen atoms in total. The van der Waals surface area contributed by atoms with E-state index in [1.807, 2.05) is 39.0 Å². The lowest BCUT2D eigenvalue weighted by Crippen LogP contribution is -2.56. The minimum Gasteiger partial charge on any atom is -0.480 e. The molecule has 5 rings (SSSR count). The molecular formula is C29H40N4O8. The molecule has 12 heteroatoms. The molecule has 0 saturated carbocycles. The first-order valence-corrected chi connectivity index (χ1v) is 14.4. The van der Waals surface area contributed by atoms with E-state index in [4.69, 9.17) is 14.2 Å². The summed E-state index contributed by atoms with van der Waals surface area (Å²) >= 11 is 0. The Morgan fingerprint density at radius 2 is 1.83 bits per heavy atom. The smallest absolute Gasteiger partial charge is 0.407 e. The van der Waals surface area contributed by atoms with Crippen LogP contribution in [0.4, 0.5) is 4.79 Å². The number of carboxylic acid groups (broad SMARTS) is 1. The second kappa shape index (κ2) is 11.9. The molecule has 4 aliphatic rings. The molecule has 4 bridgehead atoms. The summed E-state index contributed by atoms with van der Waals surface area (Å²) in [5, 5.41) is 15.6. The molecule has 224 valence electrons. The second-order valence-electron chi connectivity index (χ2n) is 12.3. The molecule has 1 aromatic rings. The number of alkyl carbamates (subject to hydrolysis) is 1. The predicted octanol–water partition coefficient (Wildman–Crippen LogP) is 2.20. The van der Waals surface area contributed by atoms with Crippen molar-refractivity contribution >= 4 is 23.9 Å². The number of cyclic esters (lactones) is 1. The van der Waals surface area contributed by atoms with Crippen molar-refractivity contribution in [3.63, 3.8) is 0 Å². The fourth-order valence-electron chi connectivity index (χ4n) is 5.87. The van der Waals surface area contributed by atoms with Crippen molar-refractivity contribution in [2.24, 2.45) is 5.41 Å². The molecule has 0 aliphatic carbocycles. The van der Waals surface area contributed by atoms with Gasteiger partial charge in [0.2, 0.25) is 5.91 Å². The lowest BCUT2D eigenvalue weighted by atomic mass is 9.85. The zero-order valence-electron chi connectivity index (χ0n) is 23.9. The maximum absolute atomic E-state index is 13.7. The summed E-state index contributed by atoms with van der Waals surface area (Å²) in [5.41, 5.74) is 2.01. The van der Waals surface area contributed by atoms with Gasteiger partial charge in [-0.3, -0.25) is 14.5 Å². The standard InChI is InChI=1S/C29H40N4O8/c1-29(2,3)22-24(35)33-15-18(13-21(33)26(36)37)40-27-25(41-27)32-14-17-9-8-10-19(20(17)16-32)23(34)30-11-6-4-5-7-12-39-28(38)31-22/h8-10,18,21-22,25,27H,4-7,11-16H2,1-3H3,(H,30,34)(H,31,38)(H,36,37)/t18-,21?,22-,25?,27?/m1/s1. The first-order valence-electron chi connectivity index (χ1n) is 14.4. The summed E-state index contributed by atoms with van der Waals surface area (Å²) in [6.45, 7) is 7.40. The molecule has 4 aliphatic heterocycles. The highest BCUT2D eigenvalue weighted by atomic mass is 16.8. The lowest BCUT2D eigenvalue weighted by molar-refractivity contribution is -0.150. The number of epoxide rings is 1. The Bertz CT molecular complexity index is 1180. The van der Waals surface area contributed by atoms with Gasteiger partial charge in [0.15, 0.2) is 12.5 Å². The van der Waals surface area contributed by atoms with E-state index in [2.05, 4.69) is 15.5 Å². The number of carbonyl (C=O) groups excluding carboxylic acids is 3. The van der Waals surface area contributed by atoms with Crippen LogP contribution in [0.2, 0.25) is 0 Å².